The van der Waals surface area contributed by atoms with E-state index in [4.69, 9.17) is 9.26 Å². The maximum atomic E-state index is 15.4. The third kappa shape index (κ3) is 3.82. The van der Waals surface area contributed by atoms with Gasteiger partial charge in [0.05, 0.1) is 29.9 Å². The molecule has 1 saturated heterocycles. The molecule has 1 aromatic heterocycles. The van der Waals surface area contributed by atoms with E-state index in [1.165, 1.54) is 32.1 Å². The molecular formula is C21H30FN3O3. The maximum absolute atomic E-state index is 15.4. The van der Waals surface area contributed by atoms with E-state index in [-0.39, 0.29) is 24.4 Å². The van der Waals surface area contributed by atoms with Gasteiger partial charge in [-0.3, -0.25) is 0 Å². The minimum atomic E-state index is -0.457. The van der Waals surface area contributed by atoms with Crippen LogP contribution in [0.5, 0.6) is 0 Å². The number of morpholine rings is 1. The van der Waals surface area contributed by atoms with Crippen LogP contribution in [0.4, 0.5) is 15.9 Å². The lowest BCUT2D eigenvalue weighted by molar-refractivity contribution is -0.00549. The molecule has 2 N–H and O–H groups in total. The van der Waals surface area contributed by atoms with Crippen LogP contribution in [0.3, 0.4) is 0 Å². The average molecular weight is 391 g/mol. The van der Waals surface area contributed by atoms with Gasteiger partial charge in [-0.25, -0.2) is 4.39 Å². The first kappa shape index (κ1) is 19.5. The van der Waals surface area contributed by atoms with Crippen molar-refractivity contribution in [1.82, 2.24) is 5.16 Å². The largest absolute Gasteiger partial charge is 0.392 e. The number of nitrogens with zero attached hydrogens (tertiary/aromatic N) is 2. The molecule has 154 valence electrons. The van der Waals surface area contributed by atoms with Crippen molar-refractivity contribution in [3.8, 4) is 0 Å². The van der Waals surface area contributed by atoms with Crippen LogP contribution in [0.1, 0.15) is 51.5 Å². The molecule has 2 unspecified atom stereocenters. The SMILES string of the molecule is CC1CN(c2c(CO)cc3c(NCC4CCCCC4)noc3c2F)CC(C)O1. The fourth-order valence-corrected chi connectivity index (χ4v) is 4.66. The van der Waals surface area contributed by atoms with Gasteiger partial charge < -0.3 is 24.6 Å². The first-order valence-electron chi connectivity index (χ1n) is 10.4. The van der Waals surface area contributed by atoms with E-state index in [0.717, 1.165) is 6.54 Å². The number of anilines is 2. The Labute approximate surface area is 165 Å². The van der Waals surface area contributed by atoms with Crippen LogP contribution < -0.4 is 10.2 Å². The van der Waals surface area contributed by atoms with Crippen molar-refractivity contribution < 1.29 is 18.8 Å². The summed E-state index contributed by atoms with van der Waals surface area (Å²) in [5.41, 5.74) is 1.09. The Kier molecular flexibility index (Phi) is 5.73. The zero-order valence-corrected chi connectivity index (χ0v) is 16.7. The molecule has 1 saturated carbocycles. The second kappa shape index (κ2) is 8.25. The van der Waals surface area contributed by atoms with Crippen molar-refractivity contribution in [2.24, 2.45) is 5.92 Å². The number of ether oxygens (including phenoxy) is 1. The molecule has 1 aliphatic heterocycles. The second-order valence-corrected chi connectivity index (χ2v) is 8.31. The summed E-state index contributed by atoms with van der Waals surface area (Å²) in [6, 6.07) is 1.80. The van der Waals surface area contributed by atoms with Crippen LogP contribution in [0.25, 0.3) is 11.0 Å². The summed E-state index contributed by atoms with van der Waals surface area (Å²) < 4.78 is 26.5. The predicted octanol–water partition coefficient (Wildman–Crippen LogP) is 4.07. The second-order valence-electron chi connectivity index (χ2n) is 8.31. The molecule has 28 heavy (non-hydrogen) atoms. The lowest BCUT2D eigenvalue weighted by atomic mass is 9.89. The average Bonchev–Trinajstić information content (AvgIpc) is 3.09. The molecule has 2 fully saturated rings. The van der Waals surface area contributed by atoms with Gasteiger partial charge in [-0.2, -0.15) is 0 Å². The monoisotopic (exact) mass is 391 g/mol. The zero-order chi connectivity index (χ0) is 19.7. The van der Waals surface area contributed by atoms with Crippen molar-refractivity contribution in [2.45, 2.75) is 64.8 Å². The van der Waals surface area contributed by atoms with Gasteiger partial charge in [0.1, 0.15) is 0 Å². The molecule has 0 bridgehead atoms. The number of halogens is 1. The normalized spacial score (nSPS) is 24.1. The molecule has 0 amide bonds. The highest BCUT2D eigenvalue weighted by molar-refractivity contribution is 5.92. The number of hydrogen-bond acceptors (Lipinski definition) is 6. The summed E-state index contributed by atoms with van der Waals surface area (Å²) >= 11 is 0. The van der Waals surface area contributed by atoms with Crippen LogP contribution in [0.15, 0.2) is 10.6 Å². The number of aliphatic hydroxyl groups is 1. The number of nitrogens with one attached hydrogen (secondary N) is 1. The Balaban J connectivity index is 1.62. The number of hydrogen-bond donors (Lipinski definition) is 2. The minimum absolute atomic E-state index is 0.00663. The van der Waals surface area contributed by atoms with Crippen molar-refractivity contribution in [3.63, 3.8) is 0 Å². The van der Waals surface area contributed by atoms with Crippen molar-refractivity contribution >= 4 is 22.5 Å². The summed E-state index contributed by atoms with van der Waals surface area (Å²) in [6.45, 7) is 5.66. The van der Waals surface area contributed by atoms with Gasteiger partial charge >= 0.3 is 0 Å². The van der Waals surface area contributed by atoms with E-state index in [2.05, 4.69) is 10.5 Å². The van der Waals surface area contributed by atoms with E-state index in [9.17, 15) is 5.11 Å². The molecule has 2 aliphatic rings. The maximum Gasteiger partial charge on any atom is 0.206 e. The Hall–Kier alpha value is -1.86. The number of rotatable bonds is 5. The van der Waals surface area contributed by atoms with Gasteiger partial charge in [0, 0.05) is 25.2 Å². The van der Waals surface area contributed by atoms with Crippen LogP contribution in [-0.2, 0) is 11.3 Å². The molecule has 6 nitrogen and oxygen atoms in total. The summed E-state index contributed by atoms with van der Waals surface area (Å²) in [5.74, 6) is 0.726. The molecule has 0 spiro atoms. The highest BCUT2D eigenvalue weighted by Gasteiger charge is 2.29. The summed E-state index contributed by atoms with van der Waals surface area (Å²) in [6.07, 6.45) is 6.29. The summed E-state index contributed by atoms with van der Waals surface area (Å²) in [5, 5.41) is 17.9. The molecule has 1 aromatic carbocycles. The molecule has 2 atom stereocenters. The third-order valence-electron chi connectivity index (χ3n) is 5.95. The molecule has 4 rings (SSSR count). The fourth-order valence-electron chi connectivity index (χ4n) is 4.66. The number of benzene rings is 1. The van der Waals surface area contributed by atoms with Crippen LogP contribution >= 0.6 is 0 Å². The fraction of sp³-hybridized carbons (Fsp3) is 0.667. The van der Waals surface area contributed by atoms with Gasteiger partial charge in [-0.05, 0) is 38.7 Å². The van der Waals surface area contributed by atoms with Crippen molar-refractivity contribution in [3.05, 3.63) is 17.4 Å². The third-order valence-corrected chi connectivity index (χ3v) is 5.95. The van der Waals surface area contributed by atoms with E-state index in [0.29, 0.717) is 41.5 Å². The minimum Gasteiger partial charge on any atom is -0.392 e. The molecule has 2 aromatic rings. The number of aliphatic hydroxyl groups excluding tert-OH is 1. The van der Waals surface area contributed by atoms with Crippen molar-refractivity contribution in [1.29, 1.82) is 0 Å². The van der Waals surface area contributed by atoms with Gasteiger partial charge in [-0.15, -0.1) is 0 Å². The van der Waals surface area contributed by atoms with Crippen molar-refractivity contribution in [2.75, 3.05) is 29.9 Å². The smallest absolute Gasteiger partial charge is 0.206 e. The molecule has 1 aliphatic carbocycles. The molecule has 0 radical (unpaired) electrons. The quantitative estimate of drug-likeness (QED) is 0.801. The zero-order valence-electron chi connectivity index (χ0n) is 16.7. The van der Waals surface area contributed by atoms with Gasteiger partial charge in [0.15, 0.2) is 11.6 Å². The van der Waals surface area contributed by atoms with E-state index in [1.807, 2.05) is 18.7 Å². The Morgan fingerprint density at radius 3 is 2.61 bits per heavy atom. The Bertz CT molecular complexity index is 809. The molecule has 7 heteroatoms. The summed E-state index contributed by atoms with van der Waals surface area (Å²) in [4.78, 5) is 1.94. The Morgan fingerprint density at radius 2 is 1.93 bits per heavy atom. The molecular weight excluding hydrogens is 361 g/mol. The number of aromatic nitrogens is 1. The highest BCUT2D eigenvalue weighted by atomic mass is 19.1. The Morgan fingerprint density at radius 1 is 1.21 bits per heavy atom. The first-order chi connectivity index (χ1) is 13.6. The van der Waals surface area contributed by atoms with Crippen LogP contribution in [-0.4, -0.2) is 42.1 Å². The van der Waals surface area contributed by atoms with E-state index in [1.54, 1.807) is 6.07 Å². The van der Waals surface area contributed by atoms with E-state index >= 15 is 4.39 Å². The van der Waals surface area contributed by atoms with E-state index < -0.39 is 5.82 Å². The van der Waals surface area contributed by atoms with Crippen LogP contribution in [0.2, 0.25) is 0 Å². The first-order valence-corrected chi connectivity index (χ1v) is 10.4. The molecule has 2 heterocycles. The predicted molar refractivity (Wildman–Crippen MR) is 107 cm³/mol. The standard InChI is InChI=1S/C21H30FN3O3/c1-13-10-25(11-14(2)27-13)19-16(12-26)8-17-20(18(19)22)28-24-21(17)23-9-15-6-4-3-5-7-15/h8,13-15,26H,3-7,9-12H2,1-2H3,(H,23,24). The highest BCUT2D eigenvalue weighted by Crippen LogP contribution is 2.36. The number of fused-ring (bicyclic) bond motifs is 1. The topological polar surface area (TPSA) is 70.8 Å². The van der Waals surface area contributed by atoms with Gasteiger partial charge in [0.2, 0.25) is 5.58 Å². The van der Waals surface area contributed by atoms with Gasteiger partial charge in [-0.1, -0.05) is 24.4 Å². The summed E-state index contributed by atoms with van der Waals surface area (Å²) in [7, 11) is 0. The lowest BCUT2D eigenvalue weighted by Crippen LogP contribution is -2.46. The van der Waals surface area contributed by atoms with Gasteiger partial charge in [0.25, 0.3) is 0 Å². The lowest BCUT2D eigenvalue weighted by Gasteiger charge is -2.37. The van der Waals surface area contributed by atoms with Crippen LogP contribution in [0, 0.1) is 11.7 Å².